The monoisotopic (exact) mass is 255 g/mol. The summed E-state index contributed by atoms with van der Waals surface area (Å²) >= 11 is 1.48. The van der Waals surface area contributed by atoms with Crippen molar-refractivity contribution in [2.24, 2.45) is 0 Å². The normalized spacial score (nSPS) is 12.5. The van der Waals surface area contributed by atoms with Gasteiger partial charge >= 0.3 is 5.97 Å². The van der Waals surface area contributed by atoms with E-state index in [1.807, 2.05) is 17.5 Å². The average Bonchev–Trinajstić information content (AvgIpc) is 2.78. The maximum absolute atomic E-state index is 11.4. The molecule has 0 aliphatic heterocycles. The largest absolute Gasteiger partial charge is 0.480 e. The van der Waals surface area contributed by atoms with Gasteiger partial charge in [-0.05, 0) is 17.5 Å². The molecule has 17 heavy (non-hydrogen) atoms. The van der Waals surface area contributed by atoms with Crippen LogP contribution in [0.3, 0.4) is 0 Å². The van der Waals surface area contributed by atoms with Crippen LogP contribution in [0.5, 0.6) is 0 Å². The molecule has 1 heterocycles. The molecule has 0 saturated carbocycles. The highest BCUT2D eigenvalue weighted by atomic mass is 32.1. The highest BCUT2D eigenvalue weighted by Crippen LogP contribution is 2.09. The van der Waals surface area contributed by atoms with Gasteiger partial charge in [0.05, 0.1) is 0 Å². The molecule has 0 fully saturated rings. The van der Waals surface area contributed by atoms with Crippen molar-refractivity contribution < 1.29 is 19.8 Å². The Morgan fingerprint density at radius 1 is 1.53 bits per heavy atom. The maximum atomic E-state index is 11.4. The highest BCUT2D eigenvalue weighted by molar-refractivity contribution is 7.10. The van der Waals surface area contributed by atoms with Crippen molar-refractivity contribution in [1.29, 1.82) is 0 Å². The zero-order valence-corrected chi connectivity index (χ0v) is 9.81. The van der Waals surface area contributed by atoms with E-state index >= 15 is 0 Å². The lowest BCUT2D eigenvalue weighted by Crippen LogP contribution is -2.40. The van der Waals surface area contributed by atoms with Crippen molar-refractivity contribution in [2.75, 3.05) is 6.61 Å². The van der Waals surface area contributed by atoms with Crippen LogP contribution in [-0.2, 0) is 9.59 Å². The van der Waals surface area contributed by atoms with Crippen molar-refractivity contribution in [2.45, 2.75) is 12.5 Å². The zero-order valence-electron chi connectivity index (χ0n) is 9.00. The van der Waals surface area contributed by atoms with Crippen molar-refractivity contribution in [1.82, 2.24) is 5.32 Å². The maximum Gasteiger partial charge on any atom is 0.326 e. The Morgan fingerprint density at radius 2 is 2.29 bits per heavy atom. The summed E-state index contributed by atoms with van der Waals surface area (Å²) < 4.78 is 0. The van der Waals surface area contributed by atoms with Gasteiger partial charge in [0.1, 0.15) is 6.04 Å². The Labute approximate surface area is 102 Å². The summed E-state index contributed by atoms with van der Waals surface area (Å²) in [5.41, 5.74) is 0. The number of aliphatic carboxylic acids is 1. The number of carboxylic acid groups (broad SMARTS) is 1. The Morgan fingerprint density at radius 3 is 2.82 bits per heavy atom. The van der Waals surface area contributed by atoms with Crippen molar-refractivity contribution in [3.8, 4) is 0 Å². The molecule has 0 bridgehead atoms. The van der Waals surface area contributed by atoms with Crippen molar-refractivity contribution >= 4 is 29.3 Å². The fourth-order valence-corrected chi connectivity index (χ4v) is 1.77. The molecule has 0 spiro atoms. The fraction of sp³-hybridized carbons (Fsp3) is 0.273. The van der Waals surface area contributed by atoms with Crippen LogP contribution in [0.4, 0.5) is 0 Å². The minimum atomic E-state index is -1.16. The molecule has 1 amide bonds. The second-order valence-electron chi connectivity index (χ2n) is 3.26. The number of carbonyl (C=O) groups is 2. The summed E-state index contributed by atoms with van der Waals surface area (Å²) in [5, 5.41) is 21.6. The Hall–Kier alpha value is -1.66. The van der Waals surface area contributed by atoms with Crippen LogP contribution in [0, 0.1) is 0 Å². The minimum Gasteiger partial charge on any atom is -0.480 e. The molecule has 5 nitrogen and oxygen atoms in total. The second-order valence-corrected chi connectivity index (χ2v) is 4.24. The Kier molecular flexibility index (Phi) is 5.38. The first-order chi connectivity index (χ1) is 8.13. The van der Waals surface area contributed by atoms with Crippen LogP contribution < -0.4 is 5.32 Å². The average molecular weight is 255 g/mol. The predicted octanol–water partition coefficient (Wildman–Crippen LogP) is 0.713. The molecular weight excluding hydrogens is 242 g/mol. The summed E-state index contributed by atoms with van der Waals surface area (Å²) in [6, 6.07) is 2.64. The smallest absolute Gasteiger partial charge is 0.326 e. The molecule has 1 unspecified atom stereocenters. The van der Waals surface area contributed by atoms with Crippen LogP contribution in [0.1, 0.15) is 11.3 Å². The van der Waals surface area contributed by atoms with Gasteiger partial charge in [-0.15, -0.1) is 11.3 Å². The topological polar surface area (TPSA) is 86.6 Å². The second kappa shape index (κ2) is 6.82. The first-order valence-electron chi connectivity index (χ1n) is 4.99. The number of hydrogen-bond acceptors (Lipinski definition) is 4. The molecular formula is C11H13NO4S. The molecule has 0 aliphatic rings. The summed E-state index contributed by atoms with van der Waals surface area (Å²) in [6.45, 7) is -0.286. The third-order valence-corrected chi connectivity index (χ3v) is 2.81. The molecule has 0 saturated heterocycles. The summed E-state index contributed by atoms with van der Waals surface area (Å²) in [4.78, 5) is 23.0. The number of aliphatic hydroxyl groups is 1. The molecule has 1 aromatic heterocycles. The van der Waals surface area contributed by atoms with Gasteiger partial charge < -0.3 is 15.5 Å². The lowest BCUT2D eigenvalue weighted by Gasteiger charge is -2.10. The number of amides is 1. The van der Waals surface area contributed by atoms with Crippen LogP contribution in [0.15, 0.2) is 23.6 Å². The number of aliphatic hydroxyl groups excluding tert-OH is 1. The van der Waals surface area contributed by atoms with Crippen LogP contribution in [0.2, 0.25) is 0 Å². The van der Waals surface area contributed by atoms with Crippen LogP contribution >= 0.6 is 11.3 Å². The molecule has 92 valence electrons. The first kappa shape index (κ1) is 13.4. The van der Waals surface area contributed by atoms with Gasteiger partial charge in [0.25, 0.3) is 0 Å². The van der Waals surface area contributed by atoms with Crippen LogP contribution in [-0.4, -0.2) is 34.7 Å². The number of nitrogens with one attached hydrogen (secondary N) is 1. The molecule has 1 rings (SSSR count). The van der Waals surface area contributed by atoms with E-state index in [1.165, 1.54) is 17.4 Å². The van der Waals surface area contributed by atoms with Gasteiger partial charge in [0, 0.05) is 24.0 Å². The van der Waals surface area contributed by atoms with E-state index in [0.29, 0.717) is 0 Å². The van der Waals surface area contributed by atoms with Gasteiger partial charge in [-0.1, -0.05) is 6.07 Å². The Bertz CT molecular complexity index is 400. The third-order valence-electron chi connectivity index (χ3n) is 1.97. The molecule has 3 N–H and O–H groups in total. The predicted molar refractivity (Wildman–Crippen MR) is 64.6 cm³/mol. The van der Waals surface area contributed by atoms with E-state index in [4.69, 9.17) is 10.2 Å². The van der Waals surface area contributed by atoms with Gasteiger partial charge in [-0.25, -0.2) is 4.79 Å². The fourth-order valence-electron chi connectivity index (χ4n) is 1.15. The van der Waals surface area contributed by atoms with Gasteiger partial charge in [-0.2, -0.15) is 0 Å². The number of carboxylic acids is 1. The quantitative estimate of drug-likeness (QED) is 0.653. The van der Waals surface area contributed by atoms with Gasteiger partial charge in [0.15, 0.2) is 0 Å². The molecule has 6 heteroatoms. The summed E-state index contributed by atoms with van der Waals surface area (Å²) in [7, 11) is 0. The molecule has 1 aromatic rings. The van der Waals surface area contributed by atoms with E-state index in [2.05, 4.69) is 5.32 Å². The summed E-state index contributed by atoms with van der Waals surface area (Å²) in [5.74, 6) is -1.64. The van der Waals surface area contributed by atoms with Gasteiger partial charge in [0.2, 0.25) is 5.91 Å². The minimum absolute atomic E-state index is 0.00604. The zero-order chi connectivity index (χ0) is 12.7. The molecule has 0 radical (unpaired) electrons. The van der Waals surface area contributed by atoms with E-state index in [0.717, 1.165) is 4.88 Å². The molecule has 0 aromatic carbocycles. The number of rotatable bonds is 6. The molecule has 0 aliphatic carbocycles. The van der Waals surface area contributed by atoms with E-state index in [1.54, 1.807) is 6.08 Å². The standard InChI is InChI=1S/C11H13NO4S/c13-6-5-9(11(15)16)12-10(14)4-3-8-2-1-7-17-8/h1-4,7,9,13H,5-6H2,(H,12,14)(H,15,16). The number of thiophene rings is 1. The van der Waals surface area contributed by atoms with E-state index < -0.39 is 17.9 Å². The first-order valence-corrected chi connectivity index (χ1v) is 5.87. The Balaban J connectivity index is 2.50. The van der Waals surface area contributed by atoms with E-state index in [-0.39, 0.29) is 13.0 Å². The van der Waals surface area contributed by atoms with Gasteiger partial charge in [-0.3, -0.25) is 4.79 Å². The highest BCUT2D eigenvalue weighted by Gasteiger charge is 2.17. The third kappa shape index (κ3) is 4.80. The SMILES string of the molecule is O=C(C=Cc1cccs1)NC(CCO)C(=O)O. The summed E-state index contributed by atoms with van der Waals surface area (Å²) in [6.07, 6.45) is 2.88. The van der Waals surface area contributed by atoms with Crippen molar-refractivity contribution in [3.05, 3.63) is 28.5 Å². The van der Waals surface area contributed by atoms with E-state index in [9.17, 15) is 9.59 Å². The number of hydrogen-bond donors (Lipinski definition) is 3. The number of carbonyl (C=O) groups excluding carboxylic acids is 1. The lowest BCUT2D eigenvalue weighted by atomic mass is 10.2. The molecule has 1 atom stereocenters. The van der Waals surface area contributed by atoms with Crippen molar-refractivity contribution in [3.63, 3.8) is 0 Å². The van der Waals surface area contributed by atoms with Crippen LogP contribution in [0.25, 0.3) is 6.08 Å². The lowest BCUT2D eigenvalue weighted by molar-refractivity contribution is -0.141.